The number of hydrogen-bond acceptors (Lipinski definition) is 5. The van der Waals surface area contributed by atoms with Crippen molar-refractivity contribution < 1.29 is 22.7 Å². The van der Waals surface area contributed by atoms with Crippen LogP contribution in [-0.2, 0) is 28.5 Å². The summed E-state index contributed by atoms with van der Waals surface area (Å²) in [5, 5.41) is 15.8. The van der Waals surface area contributed by atoms with E-state index < -0.39 is 15.8 Å². The number of anilines is 1. The Balaban J connectivity index is 1.61. The zero-order valence-corrected chi connectivity index (χ0v) is 24.6. The third-order valence-electron chi connectivity index (χ3n) is 5.57. The molecule has 0 bridgehead atoms. The molecule has 0 radical (unpaired) electrons. The van der Waals surface area contributed by atoms with Crippen molar-refractivity contribution >= 4 is 55.6 Å². The fourth-order valence-corrected chi connectivity index (χ4v) is 5.22. The summed E-state index contributed by atoms with van der Waals surface area (Å²) in [4.78, 5) is -0.228. The van der Waals surface area contributed by atoms with Crippen LogP contribution in [0.15, 0.2) is 59.5 Å². The second-order valence-electron chi connectivity index (χ2n) is 9.34. The number of methoxy groups -OCH3 is 1. The summed E-state index contributed by atoms with van der Waals surface area (Å²) < 4.78 is 48.4. The molecule has 0 saturated carbocycles. The lowest BCUT2D eigenvalue weighted by Gasteiger charge is -2.19. The van der Waals surface area contributed by atoms with Gasteiger partial charge in [-0.05, 0) is 87.2 Å². The van der Waals surface area contributed by atoms with E-state index in [-0.39, 0.29) is 39.2 Å². The first kappa shape index (κ1) is 29.1. The maximum absolute atomic E-state index is 14.7. The predicted molar refractivity (Wildman–Crippen MR) is 156 cm³/mol. The normalized spacial score (nSPS) is 11.7. The highest BCUT2D eigenvalue weighted by Crippen LogP contribution is 2.30. The Hall–Kier alpha value is -2.48. The lowest BCUT2D eigenvalue weighted by molar-refractivity contribution is 0.372. The van der Waals surface area contributed by atoms with E-state index in [0.29, 0.717) is 15.7 Å². The number of thiocarbonyl (C=S) groups is 1. The fourth-order valence-electron chi connectivity index (χ4n) is 3.38. The minimum Gasteiger partial charge on any atom is -0.504 e. The number of ether oxygens (including phenoxy) is 1. The number of hydrogen-bond donors (Lipinski definition) is 4. The van der Waals surface area contributed by atoms with Crippen molar-refractivity contribution in [3.63, 3.8) is 0 Å². The molecule has 0 heterocycles. The van der Waals surface area contributed by atoms with Crippen molar-refractivity contribution in [1.29, 1.82) is 0 Å². The summed E-state index contributed by atoms with van der Waals surface area (Å²) in [5.74, 6) is -0.584. The van der Waals surface area contributed by atoms with Crippen LogP contribution in [0.1, 0.15) is 37.5 Å². The molecule has 0 amide bonds. The fraction of sp³-hybridized carbons (Fsp3) is 0.269. The lowest BCUT2D eigenvalue weighted by Crippen LogP contribution is -2.28. The maximum Gasteiger partial charge on any atom is 0.240 e. The molecule has 4 N–H and O–H groups in total. The summed E-state index contributed by atoms with van der Waals surface area (Å²) in [6, 6.07) is 14.7. The van der Waals surface area contributed by atoms with Crippen LogP contribution in [0.2, 0.25) is 0 Å². The zero-order chi connectivity index (χ0) is 27.4. The second-order valence-corrected chi connectivity index (χ2v) is 12.7. The molecule has 198 valence electrons. The molecular weight excluding hydrogens is 628 g/mol. The van der Waals surface area contributed by atoms with Gasteiger partial charge in [-0.25, -0.2) is 17.5 Å². The highest BCUT2D eigenvalue weighted by atomic mass is 127. The number of benzene rings is 3. The Bertz CT molecular complexity index is 1390. The Kier molecular flexibility index (Phi) is 9.37. The first-order valence-corrected chi connectivity index (χ1v) is 14.3. The van der Waals surface area contributed by atoms with Crippen LogP contribution >= 0.6 is 34.8 Å². The van der Waals surface area contributed by atoms with Crippen LogP contribution in [-0.4, -0.2) is 25.7 Å². The second kappa shape index (κ2) is 11.9. The molecule has 0 unspecified atom stereocenters. The number of sulfonamides is 1. The van der Waals surface area contributed by atoms with Crippen molar-refractivity contribution in [2.24, 2.45) is 0 Å². The smallest absolute Gasteiger partial charge is 0.240 e. The van der Waals surface area contributed by atoms with E-state index in [1.807, 2.05) is 34.7 Å². The van der Waals surface area contributed by atoms with E-state index in [1.165, 1.54) is 30.9 Å². The number of halogens is 2. The molecule has 7 nitrogen and oxygen atoms in total. The first-order chi connectivity index (χ1) is 17.3. The van der Waals surface area contributed by atoms with Gasteiger partial charge in [0.25, 0.3) is 0 Å². The molecule has 0 aliphatic rings. The van der Waals surface area contributed by atoms with Gasteiger partial charge in [0.15, 0.2) is 16.6 Å². The maximum atomic E-state index is 14.7. The topological polar surface area (TPSA) is 99.7 Å². The molecule has 0 aliphatic heterocycles. The van der Waals surface area contributed by atoms with Crippen molar-refractivity contribution in [2.45, 2.75) is 44.2 Å². The Morgan fingerprint density at radius 3 is 2.35 bits per heavy atom. The zero-order valence-electron chi connectivity index (χ0n) is 20.9. The molecule has 11 heteroatoms. The van der Waals surface area contributed by atoms with Gasteiger partial charge in [-0.1, -0.05) is 45.0 Å². The van der Waals surface area contributed by atoms with Gasteiger partial charge in [-0.15, -0.1) is 0 Å². The Morgan fingerprint density at radius 2 is 1.76 bits per heavy atom. The highest BCUT2D eigenvalue weighted by molar-refractivity contribution is 14.1. The van der Waals surface area contributed by atoms with Gasteiger partial charge in [0.05, 0.1) is 17.7 Å². The summed E-state index contributed by atoms with van der Waals surface area (Å²) in [6.07, 6.45) is 0. The summed E-state index contributed by atoms with van der Waals surface area (Å²) in [5.41, 5.74) is 2.96. The SMILES string of the molecule is COc1cc(CNS(=O)(=O)c2ccc(NC(=S)NCc3ccc(C(C)(C)C)cc3)c(F)c2)c(I)cc1O. The van der Waals surface area contributed by atoms with Crippen molar-refractivity contribution in [3.05, 3.63) is 80.7 Å². The third kappa shape index (κ3) is 7.76. The van der Waals surface area contributed by atoms with E-state index >= 15 is 0 Å². The van der Waals surface area contributed by atoms with E-state index in [0.717, 1.165) is 11.6 Å². The molecule has 3 rings (SSSR count). The molecule has 3 aromatic carbocycles. The molecule has 0 spiro atoms. The Labute approximate surface area is 236 Å². The van der Waals surface area contributed by atoms with E-state index in [2.05, 4.69) is 48.3 Å². The molecule has 0 fully saturated rings. The number of phenols is 1. The van der Waals surface area contributed by atoms with Crippen LogP contribution in [0.4, 0.5) is 10.1 Å². The van der Waals surface area contributed by atoms with E-state index in [4.69, 9.17) is 17.0 Å². The average Bonchev–Trinajstić information content (AvgIpc) is 2.83. The number of rotatable bonds is 8. The number of phenolic OH excluding ortho intramolecular Hbond substituents is 1. The van der Waals surface area contributed by atoms with Gasteiger partial charge in [0.2, 0.25) is 10.0 Å². The summed E-state index contributed by atoms with van der Waals surface area (Å²) in [7, 11) is -2.60. The summed E-state index contributed by atoms with van der Waals surface area (Å²) >= 11 is 7.26. The lowest BCUT2D eigenvalue weighted by atomic mass is 9.87. The van der Waals surface area contributed by atoms with Crippen molar-refractivity contribution in [3.8, 4) is 11.5 Å². The average molecular weight is 658 g/mol. The monoisotopic (exact) mass is 657 g/mol. The predicted octanol–water partition coefficient (Wildman–Crippen LogP) is 5.41. The summed E-state index contributed by atoms with van der Waals surface area (Å²) in [6.45, 7) is 6.83. The van der Waals surface area contributed by atoms with Crippen LogP contribution < -0.4 is 20.1 Å². The quantitative estimate of drug-likeness (QED) is 0.190. The minimum absolute atomic E-state index is 0.0467. The van der Waals surface area contributed by atoms with Crippen LogP contribution in [0.5, 0.6) is 11.5 Å². The van der Waals surface area contributed by atoms with Crippen molar-refractivity contribution in [2.75, 3.05) is 12.4 Å². The van der Waals surface area contributed by atoms with Crippen LogP contribution in [0.25, 0.3) is 0 Å². The first-order valence-electron chi connectivity index (χ1n) is 11.3. The van der Waals surface area contributed by atoms with Gasteiger partial charge in [0, 0.05) is 16.7 Å². The van der Waals surface area contributed by atoms with E-state index in [9.17, 15) is 17.9 Å². The Morgan fingerprint density at radius 1 is 1.08 bits per heavy atom. The molecule has 37 heavy (non-hydrogen) atoms. The molecular formula is C26H29FIN3O4S2. The largest absolute Gasteiger partial charge is 0.504 e. The van der Waals surface area contributed by atoms with Gasteiger partial charge in [-0.2, -0.15) is 0 Å². The standard InChI is InChI=1S/C26H29FIN3O4S2/c1-26(2,3)18-7-5-16(6-8-18)14-29-25(36)31-22-10-9-19(12-20(22)27)37(33,34)30-15-17-11-24(35-4)23(32)13-21(17)28/h5-13,30,32H,14-15H2,1-4H3,(H2,29,31,36). The van der Waals surface area contributed by atoms with Gasteiger partial charge >= 0.3 is 0 Å². The van der Waals surface area contributed by atoms with Gasteiger partial charge < -0.3 is 20.5 Å². The molecule has 3 aromatic rings. The van der Waals surface area contributed by atoms with Crippen LogP contribution in [0, 0.1) is 9.39 Å². The minimum atomic E-state index is -4.01. The van der Waals surface area contributed by atoms with Crippen LogP contribution in [0.3, 0.4) is 0 Å². The number of nitrogens with one attached hydrogen (secondary N) is 3. The molecule has 0 atom stereocenters. The van der Waals surface area contributed by atoms with E-state index in [1.54, 1.807) is 6.07 Å². The highest BCUT2D eigenvalue weighted by Gasteiger charge is 2.18. The third-order valence-corrected chi connectivity index (χ3v) is 8.22. The molecule has 0 aromatic heterocycles. The van der Waals surface area contributed by atoms with Crippen molar-refractivity contribution in [1.82, 2.24) is 10.0 Å². The number of aromatic hydroxyl groups is 1. The molecule has 0 saturated heterocycles. The van der Waals surface area contributed by atoms with Gasteiger partial charge in [0.1, 0.15) is 5.82 Å². The van der Waals surface area contributed by atoms with Gasteiger partial charge in [-0.3, -0.25) is 0 Å². The molecule has 0 aliphatic carbocycles.